The van der Waals surface area contributed by atoms with E-state index in [0.29, 0.717) is 5.92 Å². The van der Waals surface area contributed by atoms with Crippen LogP contribution in [0.2, 0.25) is 0 Å². The Morgan fingerprint density at radius 1 is 1.14 bits per heavy atom. The van der Waals surface area contributed by atoms with Crippen molar-refractivity contribution >= 4 is 0 Å². The lowest BCUT2D eigenvalue weighted by Crippen LogP contribution is -2.22. The number of hydrogen-bond acceptors (Lipinski definition) is 3. The van der Waals surface area contributed by atoms with E-state index in [2.05, 4.69) is 48.5 Å². The normalized spacial score (nSPS) is 11.0. The molecular formula is C17H23N3O. The van der Waals surface area contributed by atoms with E-state index in [1.807, 2.05) is 0 Å². The Labute approximate surface area is 125 Å². The summed E-state index contributed by atoms with van der Waals surface area (Å²) in [4.78, 5) is 11.3. The minimum atomic E-state index is -0.0911. The van der Waals surface area contributed by atoms with Gasteiger partial charge in [0.1, 0.15) is 0 Å². The van der Waals surface area contributed by atoms with Crippen molar-refractivity contribution in [1.82, 2.24) is 15.1 Å². The SMILES string of the molecule is CC(C)CNCCc1ccc(-c2ccc(=O)n(C)n2)cc1. The molecule has 2 rings (SSSR count). The smallest absolute Gasteiger partial charge is 0.266 e. The van der Waals surface area contributed by atoms with Crippen LogP contribution in [0.5, 0.6) is 0 Å². The molecular weight excluding hydrogens is 262 g/mol. The molecule has 0 aliphatic heterocycles. The summed E-state index contributed by atoms with van der Waals surface area (Å²) in [6.45, 7) is 6.47. The molecule has 1 aromatic heterocycles. The first-order valence-electron chi connectivity index (χ1n) is 7.40. The Morgan fingerprint density at radius 3 is 2.48 bits per heavy atom. The number of benzene rings is 1. The Kier molecular flexibility index (Phi) is 5.28. The van der Waals surface area contributed by atoms with Crippen molar-refractivity contribution in [2.24, 2.45) is 13.0 Å². The van der Waals surface area contributed by atoms with E-state index in [4.69, 9.17) is 0 Å². The van der Waals surface area contributed by atoms with Gasteiger partial charge in [-0.15, -0.1) is 0 Å². The molecule has 0 radical (unpaired) electrons. The highest BCUT2D eigenvalue weighted by atomic mass is 16.1. The Hall–Kier alpha value is -1.94. The molecule has 2 aromatic rings. The lowest BCUT2D eigenvalue weighted by molar-refractivity contribution is 0.554. The summed E-state index contributed by atoms with van der Waals surface area (Å²) in [6, 6.07) is 11.7. The molecule has 0 bridgehead atoms. The van der Waals surface area contributed by atoms with E-state index >= 15 is 0 Å². The third-order valence-electron chi connectivity index (χ3n) is 3.35. The van der Waals surface area contributed by atoms with Gasteiger partial charge >= 0.3 is 0 Å². The monoisotopic (exact) mass is 285 g/mol. The second-order valence-electron chi connectivity index (χ2n) is 5.73. The van der Waals surface area contributed by atoms with E-state index < -0.39 is 0 Å². The summed E-state index contributed by atoms with van der Waals surface area (Å²) in [5, 5.41) is 7.70. The van der Waals surface area contributed by atoms with Crippen LogP contribution in [0.4, 0.5) is 0 Å². The predicted octanol–water partition coefficient (Wildman–Crippen LogP) is 2.24. The topological polar surface area (TPSA) is 46.9 Å². The van der Waals surface area contributed by atoms with Crippen LogP contribution in [0.1, 0.15) is 19.4 Å². The van der Waals surface area contributed by atoms with Gasteiger partial charge in [-0.05, 0) is 37.1 Å². The van der Waals surface area contributed by atoms with Gasteiger partial charge in [0, 0.05) is 18.7 Å². The molecule has 0 amide bonds. The molecule has 0 aliphatic rings. The predicted molar refractivity (Wildman–Crippen MR) is 86.3 cm³/mol. The molecule has 0 fully saturated rings. The number of hydrogen-bond donors (Lipinski definition) is 1. The molecule has 0 spiro atoms. The lowest BCUT2D eigenvalue weighted by Gasteiger charge is -2.08. The zero-order valence-corrected chi connectivity index (χ0v) is 13.0. The maximum Gasteiger partial charge on any atom is 0.266 e. The summed E-state index contributed by atoms with van der Waals surface area (Å²) in [5.74, 6) is 0.683. The average Bonchev–Trinajstić information content (AvgIpc) is 2.47. The van der Waals surface area contributed by atoms with Crippen LogP contribution >= 0.6 is 0 Å². The molecule has 0 aliphatic carbocycles. The van der Waals surface area contributed by atoms with Crippen LogP contribution < -0.4 is 10.9 Å². The third kappa shape index (κ3) is 4.53. The fourth-order valence-corrected chi connectivity index (χ4v) is 2.12. The van der Waals surface area contributed by atoms with E-state index in [0.717, 1.165) is 30.8 Å². The average molecular weight is 285 g/mol. The van der Waals surface area contributed by atoms with E-state index in [1.165, 1.54) is 10.2 Å². The molecule has 0 atom stereocenters. The summed E-state index contributed by atoms with van der Waals surface area (Å²) in [5.41, 5.74) is 3.07. The van der Waals surface area contributed by atoms with Crippen molar-refractivity contribution in [1.29, 1.82) is 0 Å². The van der Waals surface area contributed by atoms with Crippen LogP contribution in [-0.2, 0) is 13.5 Å². The minimum absolute atomic E-state index is 0.0911. The molecule has 4 heteroatoms. The molecule has 1 N–H and O–H groups in total. The second kappa shape index (κ2) is 7.18. The molecule has 0 saturated carbocycles. The first-order chi connectivity index (χ1) is 10.1. The molecule has 112 valence electrons. The number of aryl methyl sites for hydroxylation is 1. The van der Waals surface area contributed by atoms with Crippen LogP contribution in [0.15, 0.2) is 41.2 Å². The quantitative estimate of drug-likeness (QED) is 0.828. The van der Waals surface area contributed by atoms with Gasteiger partial charge in [-0.1, -0.05) is 38.1 Å². The standard InChI is InChI=1S/C17H23N3O/c1-13(2)12-18-11-10-14-4-6-15(7-5-14)16-8-9-17(21)20(3)19-16/h4-9,13,18H,10-12H2,1-3H3. The summed E-state index contributed by atoms with van der Waals surface area (Å²) in [6.07, 6.45) is 1.02. The van der Waals surface area contributed by atoms with Crippen molar-refractivity contribution in [3.05, 3.63) is 52.3 Å². The third-order valence-corrected chi connectivity index (χ3v) is 3.35. The van der Waals surface area contributed by atoms with Gasteiger partial charge in [-0.25, -0.2) is 4.68 Å². The van der Waals surface area contributed by atoms with E-state index in [9.17, 15) is 4.79 Å². The molecule has 21 heavy (non-hydrogen) atoms. The van der Waals surface area contributed by atoms with Crippen molar-refractivity contribution in [3.8, 4) is 11.3 Å². The van der Waals surface area contributed by atoms with Gasteiger partial charge in [-0.2, -0.15) is 5.10 Å². The molecule has 1 aromatic carbocycles. The minimum Gasteiger partial charge on any atom is -0.316 e. The largest absolute Gasteiger partial charge is 0.316 e. The van der Waals surface area contributed by atoms with Gasteiger partial charge < -0.3 is 5.32 Å². The van der Waals surface area contributed by atoms with Crippen LogP contribution in [0, 0.1) is 5.92 Å². The van der Waals surface area contributed by atoms with Gasteiger partial charge in [0.2, 0.25) is 0 Å². The number of aromatic nitrogens is 2. The molecule has 1 heterocycles. The van der Waals surface area contributed by atoms with Crippen LogP contribution in [-0.4, -0.2) is 22.9 Å². The summed E-state index contributed by atoms with van der Waals surface area (Å²) >= 11 is 0. The zero-order chi connectivity index (χ0) is 15.2. The van der Waals surface area contributed by atoms with Crippen molar-refractivity contribution in [3.63, 3.8) is 0 Å². The second-order valence-corrected chi connectivity index (χ2v) is 5.73. The fourth-order valence-electron chi connectivity index (χ4n) is 2.12. The number of rotatable bonds is 6. The highest BCUT2D eigenvalue weighted by Crippen LogP contribution is 2.16. The molecule has 4 nitrogen and oxygen atoms in total. The number of nitrogens with one attached hydrogen (secondary N) is 1. The van der Waals surface area contributed by atoms with Gasteiger partial charge in [0.15, 0.2) is 0 Å². The number of nitrogens with zero attached hydrogens (tertiary/aromatic N) is 2. The lowest BCUT2D eigenvalue weighted by atomic mass is 10.1. The fraction of sp³-hybridized carbons (Fsp3) is 0.412. The van der Waals surface area contributed by atoms with E-state index in [1.54, 1.807) is 19.2 Å². The molecule has 0 saturated heterocycles. The van der Waals surface area contributed by atoms with Crippen LogP contribution in [0.3, 0.4) is 0 Å². The Balaban J connectivity index is 1.98. The van der Waals surface area contributed by atoms with E-state index in [-0.39, 0.29) is 5.56 Å². The highest BCUT2D eigenvalue weighted by Gasteiger charge is 2.02. The molecule has 0 unspecified atom stereocenters. The van der Waals surface area contributed by atoms with Gasteiger partial charge in [-0.3, -0.25) is 4.79 Å². The van der Waals surface area contributed by atoms with Crippen molar-refractivity contribution in [2.75, 3.05) is 13.1 Å². The maximum atomic E-state index is 11.3. The maximum absolute atomic E-state index is 11.3. The van der Waals surface area contributed by atoms with Crippen molar-refractivity contribution < 1.29 is 0 Å². The summed E-state index contributed by atoms with van der Waals surface area (Å²) < 4.78 is 1.36. The summed E-state index contributed by atoms with van der Waals surface area (Å²) in [7, 11) is 1.67. The van der Waals surface area contributed by atoms with Crippen molar-refractivity contribution in [2.45, 2.75) is 20.3 Å². The zero-order valence-electron chi connectivity index (χ0n) is 13.0. The highest BCUT2D eigenvalue weighted by molar-refractivity contribution is 5.58. The van der Waals surface area contributed by atoms with Crippen LogP contribution in [0.25, 0.3) is 11.3 Å². The first kappa shape index (κ1) is 15.4. The van der Waals surface area contributed by atoms with Gasteiger partial charge in [0.25, 0.3) is 5.56 Å². The van der Waals surface area contributed by atoms with Gasteiger partial charge in [0.05, 0.1) is 5.69 Å². The Bertz CT molecular complexity index is 629. The first-order valence-corrected chi connectivity index (χ1v) is 7.40. The Morgan fingerprint density at radius 2 is 1.86 bits per heavy atom.